The molecule has 0 bridgehead atoms. The normalized spacial score (nSPS) is 17.0. The number of halogens is 3. The highest BCUT2D eigenvalue weighted by Crippen LogP contribution is 2.23. The second kappa shape index (κ2) is 9.25. The zero-order valence-corrected chi connectivity index (χ0v) is 12.3. The first-order valence-electron chi connectivity index (χ1n) is 7.58. The summed E-state index contributed by atoms with van der Waals surface area (Å²) >= 11 is 0. The van der Waals surface area contributed by atoms with Gasteiger partial charge < -0.3 is 15.4 Å². The first-order valence-corrected chi connectivity index (χ1v) is 7.58. The van der Waals surface area contributed by atoms with Crippen LogP contribution in [0.25, 0.3) is 0 Å². The Balaban J connectivity index is 2.39. The van der Waals surface area contributed by atoms with Gasteiger partial charge in [-0.05, 0) is 25.8 Å². The molecule has 2 N–H and O–H groups in total. The molecule has 1 aliphatic carbocycles. The lowest BCUT2D eigenvalue weighted by Gasteiger charge is -2.34. The van der Waals surface area contributed by atoms with Crippen LogP contribution in [0, 0.1) is 0 Å². The average Bonchev–Trinajstić information content (AvgIpc) is 2.44. The Bertz CT molecular complexity index is 305. The Labute approximate surface area is 123 Å². The van der Waals surface area contributed by atoms with Gasteiger partial charge in [0.15, 0.2) is 0 Å². The zero-order valence-electron chi connectivity index (χ0n) is 12.3. The SMILES string of the molecule is NCCCN(C(=O)CCOCC(F)(F)F)C1CCCCC1. The predicted molar refractivity (Wildman–Crippen MR) is 73.7 cm³/mol. The van der Waals surface area contributed by atoms with E-state index in [0.29, 0.717) is 19.5 Å². The molecule has 0 spiro atoms. The number of amides is 1. The van der Waals surface area contributed by atoms with Crippen LogP contribution in [0.4, 0.5) is 13.2 Å². The van der Waals surface area contributed by atoms with Crippen molar-refractivity contribution < 1.29 is 22.7 Å². The molecule has 1 amide bonds. The fraction of sp³-hybridized carbons (Fsp3) is 0.929. The standard InChI is InChI=1S/C14H25F3N2O2/c15-14(16,17)11-21-10-7-13(20)19(9-4-8-18)12-5-2-1-3-6-12/h12H,1-11,18H2. The number of hydrogen-bond acceptors (Lipinski definition) is 3. The average molecular weight is 310 g/mol. The molecule has 21 heavy (non-hydrogen) atoms. The van der Waals surface area contributed by atoms with Crippen LogP contribution in [0.1, 0.15) is 44.9 Å². The van der Waals surface area contributed by atoms with Gasteiger partial charge in [-0.1, -0.05) is 19.3 Å². The fourth-order valence-electron chi connectivity index (χ4n) is 2.66. The van der Waals surface area contributed by atoms with Gasteiger partial charge in [-0.15, -0.1) is 0 Å². The maximum absolute atomic E-state index is 12.2. The summed E-state index contributed by atoms with van der Waals surface area (Å²) in [4.78, 5) is 14.0. The van der Waals surface area contributed by atoms with Gasteiger partial charge >= 0.3 is 6.18 Å². The lowest BCUT2D eigenvalue weighted by molar-refractivity contribution is -0.175. The Morgan fingerprint density at radius 1 is 1.24 bits per heavy atom. The van der Waals surface area contributed by atoms with E-state index >= 15 is 0 Å². The Hall–Kier alpha value is -0.820. The van der Waals surface area contributed by atoms with Crippen molar-refractivity contribution in [1.82, 2.24) is 4.90 Å². The van der Waals surface area contributed by atoms with E-state index in [-0.39, 0.29) is 25.0 Å². The number of carbonyl (C=O) groups is 1. The molecule has 4 nitrogen and oxygen atoms in total. The third kappa shape index (κ3) is 7.66. The first kappa shape index (κ1) is 18.2. The topological polar surface area (TPSA) is 55.6 Å². The molecule has 0 saturated heterocycles. The molecule has 0 aromatic carbocycles. The summed E-state index contributed by atoms with van der Waals surface area (Å²) in [6.07, 6.45) is 1.70. The minimum Gasteiger partial charge on any atom is -0.372 e. The van der Waals surface area contributed by atoms with Gasteiger partial charge in [0.1, 0.15) is 6.61 Å². The smallest absolute Gasteiger partial charge is 0.372 e. The number of hydrogen-bond donors (Lipinski definition) is 1. The van der Waals surface area contributed by atoms with E-state index in [2.05, 4.69) is 4.74 Å². The van der Waals surface area contributed by atoms with Gasteiger partial charge in [0.25, 0.3) is 0 Å². The van der Waals surface area contributed by atoms with E-state index in [9.17, 15) is 18.0 Å². The predicted octanol–water partition coefficient (Wildman–Crippen LogP) is 2.47. The molecule has 0 aromatic heterocycles. The van der Waals surface area contributed by atoms with Gasteiger partial charge in [0.05, 0.1) is 13.0 Å². The van der Waals surface area contributed by atoms with E-state index in [1.807, 2.05) is 0 Å². The van der Waals surface area contributed by atoms with Gasteiger partial charge in [-0.3, -0.25) is 4.79 Å². The first-order chi connectivity index (χ1) is 9.94. The second-order valence-corrected chi connectivity index (χ2v) is 5.44. The van der Waals surface area contributed by atoms with Crippen LogP contribution in [-0.4, -0.2) is 49.3 Å². The van der Waals surface area contributed by atoms with Crippen LogP contribution in [0.5, 0.6) is 0 Å². The molecule has 1 aliphatic rings. The number of carbonyl (C=O) groups excluding carboxylic acids is 1. The van der Waals surface area contributed by atoms with Crippen molar-refractivity contribution in [3.05, 3.63) is 0 Å². The highest BCUT2D eigenvalue weighted by Gasteiger charge is 2.28. The van der Waals surface area contributed by atoms with Crippen LogP contribution in [-0.2, 0) is 9.53 Å². The third-order valence-corrected chi connectivity index (χ3v) is 3.66. The van der Waals surface area contributed by atoms with Crippen LogP contribution in [0.2, 0.25) is 0 Å². The Morgan fingerprint density at radius 2 is 1.90 bits per heavy atom. The molecule has 1 rings (SSSR count). The molecular weight excluding hydrogens is 285 g/mol. The lowest BCUT2D eigenvalue weighted by Crippen LogP contribution is -2.43. The van der Waals surface area contributed by atoms with Crippen molar-refractivity contribution >= 4 is 5.91 Å². The van der Waals surface area contributed by atoms with Gasteiger partial charge in [0, 0.05) is 12.6 Å². The maximum atomic E-state index is 12.2. The minimum absolute atomic E-state index is 0.00283. The van der Waals surface area contributed by atoms with E-state index in [1.54, 1.807) is 4.90 Å². The third-order valence-electron chi connectivity index (χ3n) is 3.66. The van der Waals surface area contributed by atoms with Crippen LogP contribution >= 0.6 is 0 Å². The van der Waals surface area contributed by atoms with Crippen LogP contribution < -0.4 is 5.73 Å². The molecule has 0 atom stereocenters. The minimum atomic E-state index is -4.34. The molecular formula is C14H25F3N2O2. The Morgan fingerprint density at radius 3 is 2.48 bits per heavy atom. The molecule has 0 radical (unpaired) electrons. The largest absolute Gasteiger partial charge is 0.411 e. The van der Waals surface area contributed by atoms with Crippen molar-refractivity contribution in [3.63, 3.8) is 0 Å². The van der Waals surface area contributed by atoms with Gasteiger partial charge in [-0.2, -0.15) is 13.2 Å². The molecule has 1 fully saturated rings. The molecule has 1 saturated carbocycles. The van der Waals surface area contributed by atoms with Crippen molar-refractivity contribution in [1.29, 1.82) is 0 Å². The number of ether oxygens (including phenoxy) is 1. The van der Waals surface area contributed by atoms with Crippen molar-refractivity contribution in [2.24, 2.45) is 5.73 Å². The van der Waals surface area contributed by atoms with Crippen molar-refractivity contribution in [2.75, 3.05) is 26.3 Å². The van der Waals surface area contributed by atoms with E-state index in [1.165, 1.54) is 6.42 Å². The number of nitrogens with zero attached hydrogens (tertiary/aromatic N) is 1. The fourth-order valence-corrected chi connectivity index (χ4v) is 2.66. The molecule has 0 aromatic rings. The summed E-state index contributed by atoms with van der Waals surface area (Å²) in [6.45, 7) is -0.406. The summed E-state index contributed by atoms with van der Waals surface area (Å²) in [5.74, 6) is -0.127. The summed E-state index contributed by atoms with van der Waals surface area (Å²) in [5.41, 5.74) is 5.49. The molecule has 0 heterocycles. The second-order valence-electron chi connectivity index (χ2n) is 5.44. The number of nitrogens with two attached hydrogens (primary N) is 1. The molecule has 124 valence electrons. The van der Waals surface area contributed by atoms with Crippen LogP contribution in [0.3, 0.4) is 0 Å². The van der Waals surface area contributed by atoms with Gasteiger partial charge in [0.2, 0.25) is 5.91 Å². The van der Waals surface area contributed by atoms with Crippen molar-refractivity contribution in [3.8, 4) is 0 Å². The monoisotopic (exact) mass is 310 g/mol. The highest BCUT2D eigenvalue weighted by atomic mass is 19.4. The van der Waals surface area contributed by atoms with Crippen LogP contribution in [0.15, 0.2) is 0 Å². The molecule has 7 heteroatoms. The van der Waals surface area contributed by atoms with E-state index in [0.717, 1.165) is 25.7 Å². The summed E-state index contributed by atoms with van der Waals surface area (Å²) < 4.78 is 40.4. The maximum Gasteiger partial charge on any atom is 0.411 e. The summed E-state index contributed by atoms with van der Waals surface area (Å²) in [5, 5.41) is 0. The van der Waals surface area contributed by atoms with Crippen molar-refractivity contribution in [2.45, 2.75) is 57.2 Å². The Kier molecular flexibility index (Phi) is 8.03. The van der Waals surface area contributed by atoms with E-state index in [4.69, 9.17) is 5.73 Å². The van der Waals surface area contributed by atoms with E-state index < -0.39 is 12.8 Å². The zero-order chi connectivity index (χ0) is 15.7. The molecule has 0 aliphatic heterocycles. The quantitative estimate of drug-likeness (QED) is 0.701. The number of alkyl halides is 3. The number of rotatable bonds is 8. The lowest BCUT2D eigenvalue weighted by atomic mass is 9.94. The summed E-state index contributed by atoms with van der Waals surface area (Å²) in [7, 11) is 0. The highest BCUT2D eigenvalue weighted by molar-refractivity contribution is 5.76. The summed E-state index contributed by atoms with van der Waals surface area (Å²) in [6, 6.07) is 0.209. The van der Waals surface area contributed by atoms with Gasteiger partial charge in [-0.25, -0.2) is 0 Å². The molecule has 0 unspecified atom stereocenters.